The van der Waals surface area contributed by atoms with E-state index in [1.807, 2.05) is 24.3 Å². The molecule has 0 radical (unpaired) electrons. The summed E-state index contributed by atoms with van der Waals surface area (Å²) < 4.78 is 6.42. The molecular formula is C23H26N2O3S. The molecule has 29 heavy (non-hydrogen) atoms. The Balaban J connectivity index is 1.69. The van der Waals surface area contributed by atoms with Crippen molar-refractivity contribution in [2.75, 3.05) is 25.2 Å². The SMILES string of the molecule is COc1cccc2sc(N(CCCCO)C(=O)c3ccc4c(c3)CCCC4)nc12. The van der Waals surface area contributed by atoms with E-state index in [0.29, 0.717) is 29.4 Å². The second kappa shape index (κ2) is 8.93. The number of aliphatic hydroxyl groups is 1. The van der Waals surface area contributed by atoms with E-state index in [1.165, 1.54) is 35.3 Å². The molecule has 0 spiro atoms. The zero-order chi connectivity index (χ0) is 20.2. The number of anilines is 1. The van der Waals surface area contributed by atoms with Crippen LogP contribution in [0.15, 0.2) is 36.4 Å². The van der Waals surface area contributed by atoms with Gasteiger partial charge in [0.05, 0.1) is 11.8 Å². The van der Waals surface area contributed by atoms with Crippen molar-refractivity contribution in [2.45, 2.75) is 38.5 Å². The second-order valence-corrected chi connectivity index (χ2v) is 8.39. The number of nitrogens with zero attached hydrogens (tertiary/aromatic N) is 2. The molecule has 5 nitrogen and oxygen atoms in total. The normalized spacial score (nSPS) is 13.3. The maximum Gasteiger partial charge on any atom is 0.260 e. The van der Waals surface area contributed by atoms with E-state index in [4.69, 9.17) is 9.72 Å². The number of methoxy groups -OCH3 is 1. The zero-order valence-corrected chi connectivity index (χ0v) is 17.5. The van der Waals surface area contributed by atoms with Crippen LogP contribution in [0.2, 0.25) is 0 Å². The lowest BCUT2D eigenvalue weighted by Gasteiger charge is -2.22. The van der Waals surface area contributed by atoms with Gasteiger partial charge in [0.1, 0.15) is 11.3 Å². The van der Waals surface area contributed by atoms with E-state index in [9.17, 15) is 9.90 Å². The maximum absolute atomic E-state index is 13.5. The summed E-state index contributed by atoms with van der Waals surface area (Å²) in [6.45, 7) is 0.646. The molecule has 6 heteroatoms. The lowest BCUT2D eigenvalue weighted by Crippen LogP contribution is -2.32. The second-order valence-electron chi connectivity index (χ2n) is 7.38. The minimum Gasteiger partial charge on any atom is -0.494 e. The predicted molar refractivity (Wildman–Crippen MR) is 117 cm³/mol. The van der Waals surface area contributed by atoms with Crippen LogP contribution < -0.4 is 9.64 Å². The van der Waals surface area contributed by atoms with Gasteiger partial charge in [0.15, 0.2) is 5.13 Å². The molecule has 2 aromatic carbocycles. The molecule has 0 saturated carbocycles. The van der Waals surface area contributed by atoms with Gasteiger partial charge in [-0.05, 0) is 73.9 Å². The fourth-order valence-corrected chi connectivity index (χ4v) is 4.89. The number of carbonyl (C=O) groups excluding carboxylic acids is 1. The summed E-state index contributed by atoms with van der Waals surface area (Å²) >= 11 is 1.50. The van der Waals surface area contributed by atoms with Crippen molar-refractivity contribution in [2.24, 2.45) is 0 Å². The quantitative estimate of drug-likeness (QED) is 0.578. The van der Waals surface area contributed by atoms with E-state index in [0.717, 1.165) is 29.5 Å². The molecule has 1 aliphatic carbocycles. The summed E-state index contributed by atoms with van der Waals surface area (Å²) in [7, 11) is 1.63. The molecule has 4 rings (SSSR count). The maximum atomic E-state index is 13.5. The molecule has 1 aliphatic rings. The van der Waals surface area contributed by atoms with Crippen LogP contribution in [0.4, 0.5) is 5.13 Å². The average Bonchev–Trinajstić information content (AvgIpc) is 3.20. The molecule has 0 unspecified atom stereocenters. The largest absolute Gasteiger partial charge is 0.494 e. The molecule has 0 aliphatic heterocycles. The molecule has 1 N–H and O–H groups in total. The number of amides is 1. The summed E-state index contributed by atoms with van der Waals surface area (Å²) in [6.07, 6.45) is 5.92. The van der Waals surface area contributed by atoms with Gasteiger partial charge in [-0.15, -0.1) is 0 Å². The third-order valence-corrected chi connectivity index (χ3v) is 6.50. The van der Waals surface area contributed by atoms with E-state index in [1.54, 1.807) is 12.0 Å². The van der Waals surface area contributed by atoms with E-state index >= 15 is 0 Å². The number of ether oxygens (including phenoxy) is 1. The Hall–Kier alpha value is -2.44. The number of para-hydroxylation sites is 1. The van der Waals surface area contributed by atoms with Crippen LogP contribution in [-0.4, -0.2) is 36.3 Å². The number of hydrogen-bond donors (Lipinski definition) is 1. The Morgan fingerprint density at radius 3 is 2.79 bits per heavy atom. The van der Waals surface area contributed by atoms with Crippen LogP contribution >= 0.6 is 11.3 Å². The summed E-state index contributed by atoms with van der Waals surface area (Å²) in [5.41, 5.74) is 4.15. The molecule has 0 atom stereocenters. The molecule has 0 bridgehead atoms. The molecule has 1 heterocycles. The van der Waals surface area contributed by atoms with Gasteiger partial charge >= 0.3 is 0 Å². The van der Waals surface area contributed by atoms with Gasteiger partial charge in [-0.1, -0.05) is 23.5 Å². The van der Waals surface area contributed by atoms with Crippen LogP contribution in [0.3, 0.4) is 0 Å². The molecule has 152 valence electrons. The first-order valence-corrected chi connectivity index (χ1v) is 11.0. The van der Waals surface area contributed by atoms with Crippen molar-refractivity contribution in [3.8, 4) is 5.75 Å². The third-order valence-electron chi connectivity index (χ3n) is 5.45. The smallest absolute Gasteiger partial charge is 0.260 e. The van der Waals surface area contributed by atoms with E-state index < -0.39 is 0 Å². The summed E-state index contributed by atoms with van der Waals surface area (Å²) in [6, 6.07) is 11.9. The molecule has 1 aromatic heterocycles. The molecular weight excluding hydrogens is 384 g/mol. The Labute approximate surface area is 175 Å². The first kappa shape index (κ1) is 19.9. The van der Waals surface area contributed by atoms with Crippen molar-refractivity contribution in [3.63, 3.8) is 0 Å². The number of fused-ring (bicyclic) bond motifs is 2. The molecule has 0 saturated heterocycles. The monoisotopic (exact) mass is 410 g/mol. The van der Waals surface area contributed by atoms with Gasteiger partial charge in [0, 0.05) is 18.7 Å². The Morgan fingerprint density at radius 2 is 2.00 bits per heavy atom. The molecule has 1 amide bonds. The van der Waals surface area contributed by atoms with Crippen molar-refractivity contribution in [1.29, 1.82) is 0 Å². The van der Waals surface area contributed by atoms with Crippen molar-refractivity contribution in [1.82, 2.24) is 4.98 Å². The van der Waals surface area contributed by atoms with Crippen LogP contribution in [0.25, 0.3) is 10.2 Å². The Morgan fingerprint density at radius 1 is 1.17 bits per heavy atom. The Bertz CT molecular complexity index is 1010. The lowest BCUT2D eigenvalue weighted by molar-refractivity contribution is 0.0985. The first-order valence-electron chi connectivity index (χ1n) is 10.2. The average molecular weight is 411 g/mol. The highest BCUT2D eigenvalue weighted by Gasteiger charge is 2.23. The lowest BCUT2D eigenvalue weighted by atomic mass is 9.90. The number of aliphatic hydroxyl groups excluding tert-OH is 1. The summed E-state index contributed by atoms with van der Waals surface area (Å²) in [4.78, 5) is 19.9. The minimum atomic E-state index is -0.0330. The standard InChI is InChI=1S/C23H26N2O3S/c1-28-19-9-6-10-20-21(19)24-23(29-20)25(13-4-5-14-26)22(27)18-12-11-16-7-2-3-8-17(16)15-18/h6,9-12,15,26H,2-5,7-8,13-14H2,1H3. The van der Waals surface area contributed by atoms with Gasteiger partial charge in [-0.2, -0.15) is 0 Å². The number of unbranched alkanes of at least 4 members (excludes halogenated alkanes) is 1. The number of benzene rings is 2. The topological polar surface area (TPSA) is 62.7 Å². The van der Waals surface area contributed by atoms with Gasteiger partial charge < -0.3 is 9.84 Å². The minimum absolute atomic E-state index is 0.0330. The third kappa shape index (κ3) is 4.14. The predicted octanol–water partition coefficient (Wildman–Crippen LogP) is 4.60. The number of carbonyl (C=O) groups is 1. The molecule has 3 aromatic rings. The highest BCUT2D eigenvalue weighted by atomic mass is 32.1. The van der Waals surface area contributed by atoms with E-state index in [2.05, 4.69) is 12.1 Å². The fourth-order valence-electron chi connectivity index (χ4n) is 3.88. The number of hydrogen-bond acceptors (Lipinski definition) is 5. The Kier molecular flexibility index (Phi) is 6.11. The van der Waals surface area contributed by atoms with Crippen molar-refractivity contribution >= 4 is 32.6 Å². The number of thiazole rings is 1. The zero-order valence-electron chi connectivity index (χ0n) is 16.7. The van der Waals surface area contributed by atoms with Gasteiger partial charge in [0.2, 0.25) is 0 Å². The van der Waals surface area contributed by atoms with Crippen LogP contribution in [-0.2, 0) is 12.8 Å². The number of aryl methyl sites for hydroxylation is 2. The summed E-state index contributed by atoms with van der Waals surface area (Å²) in [5.74, 6) is 0.677. The van der Waals surface area contributed by atoms with Crippen LogP contribution in [0.5, 0.6) is 5.75 Å². The molecule has 0 fully saturated rings. The highest BCUT2D eigenvalue weighted by molar-refractivity contribution is 7.22. The van der Waals surface area contributed by atoms with Crippen molar-refractivity contribution < 1.29 is 14.6 Å². The van der Waals surface area contributed by atoms with Gasteiger partial charge in [-0.3, -0.25) is 9.69 Å². The highest BCUT2D eigenvalue weighted by Crippen LogP contribution is 2.35. The van der Waals surface area contributed by atoms with Gasteiger partial charge in [-0.25, -0.2) is 4.98 Å². The number of rotatable bonds is 7. The van der Waals surface area contributed by atoms with Crippen LogP contribution in [0.1, 0.15) is 47.2 Å². The van der Waals surface area contributed by atoms with E-state index in [-0.39, 0.29) is 12.5 Å². The number of aromatic nitrogens is 1. The van der Waals surface area contributed by atoms with Gasteiger partial charge in [0.25, 0.3) is 5.91 Å². The first-order chi connectivity index (χ1) is 14.2. The van der Waals surface area contributed by atoms with Crippen molar-refractivity contribution in [3.05, 3.63) is 53.1 Å². The summed E-state index contributed by atoms with van der Waals surface area (Å²) in [5, 5.41) is 9.86. The van der Waals surface area contributed by atoms with Crippen LogP contribution in [0, 0.1) is 0 Å². The fraction of sp³-hybridized carbons (Fsp3) is 0.391.